The van der Waals surface area contributed by atoms with Crippen molar-refractivity contribution in [3.05, 3.63) is 33.8 Å². The Hall–Kier alpha value is -1.30. The van der Waals surface area contributed by atoms with Crippen LogP contribution in [0.4, 0.5) is 0 Å². The summed E-state index contributed by atoms with van der Waals surface area (Å²) >= 11 is 11.8. The predicted molar refractivity (Wildman–Crippen MR) is 68.6 cm³/mol. The maximum Gasteiger partial charge on any atom is 0.317 e. The second-order valence-electron chi connectivity index (χ2n) is 3.74. The minimum Gasteiger partial charge on any atom is -0.480 e. The Morgan fingerprint density at radius 2 is 1.94 bits per heavy atom. The lowest BCUT2D eigenvalue weighted by Gasteiger charge is -2.19. The fraction of sp³-hybridized carbons (Fsp3) is 0.273. The first-order valence-corrected chi connectivity index (χ1v) is 5.80. The van der Waals surface area contributed by atoms with Crippen LogP contribution in [-0.4, -0.2) is 35.0 Å². The molecule has 0 saturated carbocycles. The van der Waals surface area contributed by atoms with Crippen molar-refractivity contribution in [2.24, 2.45) is 5.73 Å². The summed E-state index contributed by atoms with van der Waals surface area (Å²) in [6, 6.07) is 4.87. The van der Waals surface area contributed by atoms with Crippen LogP contribution in [0.2, 0.25) is 10.0 Å². The number of aliphatic carboxylic acids is 1. The summed E-state index contributed by atoms with van der Waals surface area (Å²) in [4.78, 5) is 22.9. The van der Waals surface area contributed by atoms with E-state index in [1.165, 1.54) is 4.90 Å². The number of hydrogen-bond donors (Lipinski definition) is 2. The highest BCUT2D eigenvalue weighted by Gasteiger charge is 2.14. The van der Waals surface area contributed by atoms with Crippen LogP contribution in [0.5, 0.6) is 0 Å². The molecule has 5 nitrogen and oxygen atoms in total. The first kappa shape index (κ1) is 14.8. The highest BCUT2D eigenvalue weighted by Crippen LogP contribution is 2.21. The van der Waals surface area contributed by atoms with Gasteiger partial charge in [0, 0.05) is 16.6 Å². The molecule has 18 heavy (non-hydrogen) atoms. The van der Waals surface area contributed by atoms with E-state index < -0.39 is 11.9 Å². The molecule has 0 aliphatic heterocycles. The van der Waals surface area contributed by atoms with Gasteiger partial charge in [-0.1, -0.05) is 23.2 Å². The number of nitrogens with two attached hydrogens (primary N) is 1. The van der Waals surface area contributed by atoms with Crippen molar-refractivity contribution in [3.63, 3.8) is 0 Å². The molecular weight excluding hydrogens is 279 g/mol. The van der Waals surface area contributed by atoms with E-state index in [1.54, 1.807) is 18.2 Å². The highest BCUT2D eigenvalue weighted by atomic mass is 35.5. The Kier molecular flexibility index (Phi) is 5.40. The van der Waals surface area contributed by atoms with E-state index in [9.17, 15) is 9.59 Å². The summed E-state index contributed by atoms with van der Waals surface area (Å²) in [5.74, 6) is -1.65. The van der Waals surface area contributed by atoms with Gasteiger partial charge in [0.2, 0.25) is 5.91 Å². The molecule has 1 rings (SSSR count). The zero-order valence-electron chi connectivity index (χ0n) is 9.40. The van der Waals surface area contributed by atoms with Crippen LogP contribution in [0.25, 0.3) is 0 Å². The third-order valence-electron chi connectivity index (χ3n) is 2.14. The fourth-order valence-corrected chi connectivity index (χ4v) is 1.86. The van der Waals surface area contributed by atoms with E-state index in [4.69, 9.17) is 34.0 Å². The van der Waals surface area contributed by atoms with Gasteiger partial charge in [-0.2, -0.15) is 0 Å². The number of amides is 1. The lowest BCUT2D eigenvalue weighted by atomic mass is 10.2. The van der Waals surface area contributed by atoms with Crippen LogP contribution in [0, 0.1) is 0 Å². The second-order valence-corrected chi connectivity index (χ2v) is 4.58. The fourth-order valence-electron chi connectivity index (χ4n) is 1.48. The van der Waals surface area contributed by atoms with Gasteiger partial charge in [0.25, 0.3) is 0 Å². The average Bonchev–Trinajstić information content (AvgIpc) is 2.21. The monoisotopic (exact) mass is 290 g/mol. The Morgan fingerprint density at radius 1 is 1.28 bits per heavy atom. The molecule has 1 aromatic carbocycles. The molecule has 3 N–H and O–H groups in total. The molecule has 0 bridgehead atoms. The molecule has 0 aliphatic carbocycles. The molecule has 0 aromatic heterocycles. The first-order valence-electron chi connectivity index (χ1n) is 5.05. The van der Waals surface area contributed by atoms with Gasteiger partial charge in [-0.15, -0.1) is 0 Å². The Morgan fingerprint density at radius 3 is 2.50 bits per heavy atom. The van der Waals surface area contributed by atoms with Crippen molar-refractivity contribution in [3.8, 4) is 0 Å². The molecular formula is C11H12Cl2N2O3. The number of carbonyl (C=O) groups excluding carboxylic acids is 1. The van der Waals surface area contributed by atoms with Gasteiger partial charge in [-0.05, 0) is 23.8 Å². The third-order valence-corrected chi connectivity index (χ3v) is 2.74. The van der Waals surface area contributed by atoms with E-state index in [0.29, 0.717) is 15.6 Å². The number of carbonyl (C=O) groups is 2. The topological polar surface area (TPSA) is 83.6 Å². The van der Waals surface area contributed by atoms with E-state index in [1.807, 2.05) is 0 Å². The van der Waals surface area contributed by atoms with Crippen molar-refractivity contribution < 1.29 is 14.7 Å². The minimum atomic E-state index is -1.05. The zero-order valence-corrected chi connectivity index (χ0v) is 10.9. The molecule has 1 aromatic rings. The van der Waals surface area contributed by atoms with Crippen LogP contribution >= 0.6 is 23.2 Å². The number of halogens is 2. The van der Waals surface area contributed by atoms with Crippen LogP contribution < -0.4 is 5.73 Å². The van der Waals surface area contributed by atoms with Crippen molar-refractivity contribution in [2.45, 2.75) is 6.54 Å². The SMILES string of the molecule is NC(=O)CN(CC(=O)O)Cc1cc(Cl)ccc1Cl. The number of rotatable bonds is 6. The number of hydrogen-bond acceptors (Lipinski definition) is 3. The van der Waals surface area contributed by atoms with Crippen LogP contribution in [0.1, 0.15) is 5.56 Å². The first-order chi connectivity index (χ1) is 8.38. The number of benzene rings is 1. The van der Waals surface area contributed by atoms with Crippen LogP contribution in [0.3, 0.4) is 0 Å². The summed E-state index contributed by atoms with van der Waals surface area (Å²) in [7, 11) is 0. The van der Waals surface area contributed by atoms with E-state index in [0.717, 1.165) is 0 Å². The average molecular weight is 291 g/mol. The smallest absolute Gasteiger partial charge is 0.317 e. The quantitative estimate of drug-likeness (QED) is 0.829. The van der Waals surface area contributed by atoms with Gasteiger partial charge in [0.15, 0.2) is 0 Å². The summed E-state index contributed by atoms with van der Waals surface area (Å²) < 4.78 is 0. The summed E-state index contributed by atoms with van der Waals surface area (Å²) in [6.07, 6.45) is 0. The normalized spacial score (nSPS) is 10.6. The summed E-state index contributed by atoms with van der Waals surface area (Å²) in [5, 5.41) is 9.69. The molecule has 7 heteroatoms. The number of primary amides is 1. The molecule has 0 fully saturated rings. The van der Waals surface area contributed by atoms with Crippen molar-refractivity contribution in [1.82, 2.24) is 4.90 Å². The molecule has 1 amide bonds. The van der Waals surface area contributed by atoms with Gasteiger partial charge < -0.3 is 10.8 Å². The van der Waals surface area contributed by atoms with E-state index in [2.05, 4.69) is 0 Å². The Labute approximate surface area is 114 Å². The third kappa shape index (κ3) is 4.91. The van der Waals surface area contributed by atoms with Gasteiger partial charge in [-0.25, -0.2) is 0 Å². The highest BCUT2D eigenvalue weighted by molar-refractivity contribution is 6.33. The number of carboxylic acid groups (broad SMARTS) is 1. The number of carboxylic acids is 1. The summed E-state index contributed by atoms with van der Waals surface area (Å²) in [5.41, 5.74) is 5.70. The Balaban J connectivity index is 2.84. The van der Waals surface area contributed by atoms with E-state index in [-0.39, 0.29) is 19.6 Å². The zero-order chi connectivity index (χ0) is 13.7. The van der Waals surface area contributed by atoms with E-state index >= 15 is 0 Å². The molecule has 0 heterocycles. The lowest BCUT2D eigenvalue weighted by Crippen LogP contribution is -2.36. The van der Waals surface area contributed by atoms with Gasteiger partial charge in [-0.3, -0.25) is 14.5 Å². The molecule has 0 saturated heterocycles. The lowest BCUT2D eigenvalue weighted by molar-refractivity contribution is -0.138. The van der Waals surface area contributed by atoms with Crippen molar-refractivity contribution in [1.29, 1.82) is 0 Å². The van der Waals surface area contributed by atoms with Crippen molar-refractivity contribution >= 4 is 35.1 Å². The van der Waals surface area contributed by atoms with Crippen LogP contribution in [0.15, 0.2) is 18.2 Å². The minimum absolute atomic E-state index is 0.158. The van der Waals surface area contributed by atoms with Gasteiger partial charge in [0.05, 0.1) is 13.1 Å². The molecule has 0 unspecified atom stereocenters. The maximum atomic E-state index is 10.9. The van der Waals surface area contributed by atoms with Crippen molar-refractivity contribution in [2.75, 3.05) is 13.1 Å². The molecule has 0 radical (unpaired) electrons. The summed E-state index contributed by atoms with van der Waals surface area (Å²) in [6.45, 7) is -0.268. The van der Waals surface area contributed by atoms with Gasteiger partial charge in [0.1, 0.15) is 0 Å². The maximum absolute atomic E-state index is 10.9. The molecule has 0 spiro atoms. The van der Waals surface area contributed by atoms with Gasteiger partial charge >= 0.3 is 5.97 Å². The standard InChI is InChI=1S/C11H12Cl2N2O3/c12-8-1-2-9(13)7(3-8)4-15(5-10(14)16)6-11(17)18/h1-3H,4-6H2,(H2,14,16)(H,17,18). The second kappa shape index (κ2) is 6.58. The predicted octanol–water partition coefficient (Wildman–Crippen LogP) is 1.37. The molecule has 0 aliphatic rings. The molecule has 0 atom stereocenters. The Bertz CT molecular complexity index is 450. The number of nitrogens with zero attached hydrogens (tertiary/aromatic N) is 1. The van der Waals surface area contributed by atoms with Crippen LogP contribution in [-0.2, 0) is 16.1 Å². The molecule has 98 valence electrons. The largest absolute Gasteiger partial charge is 0.480 e.